The Morgan fingerprint density at radius 1 is 1.15 bits per heavy atom. The van der Waals surface area contributed by atoms with Crippen LogP contribution in [0.3, 0.4) is 0 Å². The van der Waals surface area contributed by atoms with E-state index in [0.29, 0.717) is 0 Å². The van der Waals surface area contributed by atoms with Gasteiger partial charge in [0.15, 0.2) is 0 Å². The van der Waals surface area contributed by atoms with Gasteiger partial charge < -0.3 is 4.57 Å². The van der Waals surface area contributed by atoms with Crippen LogP contribution >= 0.6 is 11.6 Å². The molecule has 4 rings (SSSR count). The summed E-state index contributed by atoms with van der Waals surface area (Å²) in [4.78, 5) is 2.52. The molecular weight excluding hydrogens is 268 g/mol. The fraction of sp³-hybridized carbons (Fsp3) is 0.529. The second-order valence-corrected chi connectivity index (χ2v) is 6.55. The van der Waals surface area contributed by atoms with Crippen molar-refractivity contribution in [3.63, 3.8) is 0 Å². The van der Waals surface area contributed by atoms with E-state index in [0.717, 1.165) is 31.2 Å². The minimum atomic E-state index is 0.899. The van der Waals surface area contributed by atoms with Crippen LogP contribution in [0.25, 0.3) is 10.9 Å². The first-order chi connectivity index (χ1) is 9.78. The molecule has 2 aromatic rings. The van der Waals surface area contributed by atoms with Gasteiger partial charge in [0.05, 0.1) is 5.52 Å². The Labute approximate surface area is 125 Å². The van der Waals surface area contributed by atoms with Crippen molar-refractivity contribution in [1.29, 1.82) is 0 Å². The molecule has 0 bridgehead atoms. The summed E-state index contributed by atoms with van der Waals surface area (Å²) in [5, 5.41) is 2.33. The van der Waals surface area contributed by atoms with E-state index in [1.165, 1.54) is 42.1 Å². The summed E-state index contributed by atoms with van der Waals surface area (Å²) in [5.74, 6) is 0. The van der Waals surface area contributed by atoms with Crippen molar-refractivity contribution < 1.29 is 0 Å². The molecule has 2 heterocycles. The number of fused-ring (bicyclic) bond motifs is 3. The number of likely N-dealkylation sites (N-methyl/N-ethyl adjacent to an activating group) is 1. The third-order valence-corrected chi connectivity index (χ3v) is 5.21. The zero-order valence-corrected chi connectivity index (χ0v) is 12.8. The van der Waals surface area contributed by atoms with Crippen molar-refractivity contribution in [2.75, 3.05) is 13.1 Å². The number of halogens is 1. The Balaban J connectivity index is 2.01. The lowest BCUT2D eigenvalue weighted by Gasteiger charge is -2.19. The number of rotatable bonds is 1. The molecule has 0 fully saturated rings. The normalized spacial score (nSPS) is 19.1. The molecule has 0 spiro atoms. The van der Waals surface area contributed by atoms with Gasteiger partial charge in [-0.2, -0.15) is 0 Å². The minimum absolute atomic E-state index is 0.899. The number of hydrogen-bond donors (Lipinski definition) is 0. The van der Waals surface area contributed by atoms with Gasteiger partial charge in [-0.1, -0.05) is 18.5 Å². The van der Waals surface area contributed by atoms with Gasteiger partial charge in [-0.05, 0) is 55.5 Å². The van der Waals surface area contributed by atoms with Gasteiger partial charge >= 0.3 is 0 Å². The average molecular weight is 289 g/mol. The van der Waals surface area contributed by atoms with Crippen molar-refractivity contribution in [1.82, 2.24) is 9.47 Å². The van der Waals surface area contributed by atoms with Gasteiger partial charge in [0.1, 0.15) is 0 Å². The molecule has 1 aliphatic heterocycles. The molecule has 2 nitrogen and oxygen atoms in total. The van der Waals surface area contributed by atoms with Gasteiger partial charge in [-0.25, -0.2) is 0 Å². The van der Waals surface area contributed by atoms with Gasteiger partial charge in [0, 0.05) is 35.7 Å². The summed E-state index contributed by atoms with van der Waals surface area (Å²) in [5.41, 5.74) is 6.06. The summed E-state index contributed by atoms with van der Waals surface area (Å²) >= 11 is 6.39. The second kappa shape index (κ2) is 4.78. The summed E-state index contributed by atoms with van der Waals surface area (Å²) in [6, 6.07) is 4.38. The summed E-state index contributed by atoms with van der Waals surface area (Å²) in [6.07, 6.45) is 5.14. The van der Waals surface area contributed by atoms with Crippen LogP contribution in [0.2, 0.25) is 5.02 Å². The Morgan fingerprint density at radius 2 is 2.00 bits per heavy atom. The standard InChI is InChI=1S/C17H21ClN2/c1-2-19-7-8-20-16-6-4-3-5-14(16)15-10-13(18)9-12(11-19)17(15)20/h9-10H,2-8,11H2,1H3. The van der Waals surface area contributed by atoms with Crippen LogP contribution in [-0.2, 0) is 25.9 Å². The third-order valence-electron chi connectivity index (χ3n) is 4.99. The molecule has 1 aliphatic carbocycles. The maximum absolute atomic E-state index is 6.39. The van der Waals surface area contributed by atoms with E-state index in [1.54, 1.807) is 11.3 Å². The summed E-state index contributed by atoms with van der Waals surface area (Å²) in [6.45, 7) is 6.68. The van der Waals surface area contributed by atoms with E-state index in [9.17, 15) is 0 Å². The van der Waals surface area contributed by atoms with Gasteiger partial charge in [0.25, 0.3) is 0 Å². The van der Waals surface area contributed by atoms with Gasteiger partial charge in [0.2, 0.25) is 0 Å². The summed E-state index contributed by atoms with van der Waals surface area (Å²) in [7, 11) is 0. The number of aromatic nitrogens is 1. The molecule has 0 amide bonds. The first kappa shape index (κ1) is 12.7. The molecule has 106 valence electrons. The Hall–Kier alpha value is -0.990. The number of aryl methyl sites for hydroxylation is 1. The highest BCUT2D eigenvalue weighted by molar-refractivity contribution is 6.31. The lowest BCUT2D eigenvalue weighted by atomic mass is 9.95. The SMILES string of the molecule is CCN1CCn2c3c(c4cc(Cl)cc(c42)C1)CCCC3. The van der Waals surface area contributed by atoms with Gasteiger partial charge in [-0.15, -0.1) is 0 Å². The van der Waals surface area contributed by atoms with E-state index >= 15 is 0 Å². The van der Waals surface area contributed by atoms with Crippen LogP contribution in [-0.4, -0.2) is 22.6 Å². The Morgan fingerprint density at radius 3 is 2.85 bits per heavy atom. The highest BCUT2D eigenvalue weighted by Crippen LogP contribution is 2.37. The highest BCUT2D eigenvalue weighted by atomic mass is 35.5. The van der Waals surface area contributed by atoms with Crippen LogP contribution in [0, 0.1) is 0 Å². The highest BCUT2D eigenvalue weighted by Gasteiger charge is 2.24. The van der Waals surface area contributed by atoms with Gasteiger partial charge in [-0.3, -0.25) is 4.90 Å². The lowest BCUT2D eigenvalue weighted by Crippen LogP contribution is -2.25. The minimum Gasteiger partial charge on any atom is -0.343 e. The second-order valence-electron chi connectivity index (χ2n) is 6.11. The van der Waals surface area contributed by atoms with Crippen LogP contribution in [0.1, 0.15) is 36.6 Å². The molecule has 0 atom stereocenters. The van der Waals surface area contributed by atoms with Crippen LogP contribution in [0.4, 0.5) is 0 Å². The molecule has 0 saturated heterocycles. The third kappa shape index (κ3) is 1.82. The van der Waals surface area contributed by atoms with Crippen molar-refractivity contribution in [2.45, 2.75) is 45.7 Å². The molecule has 3 heteroatoms. The predicted octanol–water partition coefficient (Wildman–Crippen LogP) is 4.01. The molecule has 20 heavy (non-hydrogen) atoms. The van der Waals surface area contributed by atoms with Crippen LogP contribution < -0.4 is 0 Å². The smallest absolute Gasteiger partial charge is 0.0532 e. The molecule has 2 aliphatic rings. The van der Waals surface area contributed by atoms with E-state index < -0.39 is 0 Å². The largest absolute Gasteiger partial charge is 0.343 e. The van der Waals surface area contributed by atoms with Crippen LogP contribution in [0.5, 0.6) is 0 Å². The molecule has 0 N–H and O–H groups in total. The fourth-order valence-corrected chi connectivity index (χ4v) is 4.26. The first-order valence-electron chi connectivity index (χ1n) is 7.82. The molecular formula is C17H21ClN2. The maximum Gasteiger partial charge on any atom is 0.0532 e. The average Bonchev–Trinajstić information content (AvgIpc) is 2.65. The molecule has 0 saturated carbocycles. The number of hydrogen-bond acceptors (Lipinski definition) is 1. The fourth-order valence-electron chi connectivity index (χ4n) is 4.02. The van der Waals surface area contributed by atoms with Crippen LogP contribution in [0.15, 0.2) is 12.1 Å². The number of benzene rings is 1. The molecule has 1 aromatic heterocycles. The van der Waals surface area contributed by atoms with Crippen molar-refractivity contribution in [2.24, 2.45) is 0 Å². The predicted molar refractivity (Wildman–Crippen MR) is 84.5 cm³/mol. The van der Waals surface area contributed by atoms with Crippen molar-refractivity contribution >= 4 is 22.5 Å². The summed E-state index contributed by atoms with van der Waals surface area (Å²) < 4.78 is 2.60. The Kier molecular flexibility index (Phi) is 3.04. The quantitative estimate of drug-likeness (QED) is 0.770. The Bertz CT molecular complexity index is 671. The first-order valence-corrected chi connectivity index (χ1v) is 8.20. The molecule has 1 aromatic carbocycles. The lowest BCUT2D eigenvalue weighted by molar-refractivity contribution is 0.276. The van der Waals surface area contributed by atoms with E-state index in [2.05, 4.69) is 28.5 Å². The number of nitrogens with zero attached hydrogens (tertiary/aromatic N) is 2. The van der Waals surface area contributed by atoms with E-state index in [4.69, 9.17) is 11.6 Å². The van der Waals surface area contributed by atoms with Crippen molar-refractivity contribution in [3.05, 3.63) is 34.0 Å². The van der Waals surface area contributed by atoms with E-state index in [1.807, 2.05) is 0 Å². The monoisotopic (exact) mass is 288 g/mol. The maximum atomic E-state index is 6.39. The van der Waals surface area contributed by atoms with Crippen molar-refractivity contribution in [3.8, 4) is 0 Å². The molecule has 0 unspecified atom stereocenters. The topological polar surface area (TPSA) is 8.17 Å². The zero-order chi connectivity index (χ0) is 13.7. The zero-order valence-electron chi connectivity index (χ0n) is 12.1. The molecule has 0 radical (unpaired) electrons. The van der Waals surface area contributed by atoms with E-state index in [-0.39, 0.29) is 0 Å².